The van der Waals surface area contributed by atoms with Gasteiger partial charge in [0.15, 0.2) is 0 Å². The van der Waals surface area contributed by atoms with Crippen LogP contribution < -0.4 is 0 Å². The maximum Gasteiger partial charge on any atom is 0.0771 e. The van der Waals surface area contributed by atoms with Gasteiger partial charge in [0.05, 0.1) is 11.5 Å². The third-order valence-corrected chi connectivity index (χ3v) is 5.16. The van der Waals surface area contributed by atoms with Crippen molar-refractivity contribution in [3.63, 3.8) is 0 Å². The van der Waals surface area contributed by atoms with E-state index in [1.54, 1.807) is 22.7 Å². The van der Waals surface area contributed by atoms with E-state index >= 15 is 0 Å². The molecule has 0 fully saturated rings. The number of aliphatic hydroxyl groups excluding tert-OH is 1. The summed E-state index contributed by atoms with van der Waals surface area (Å²) >= 11 is 3.54. The minimum Gasteiger partial charge on any atom is -0.395 e. The van der Waals surface area contributed by atoms with Crippen LogP contribution in [0.5, 0.6) is 0 Å². The number of nitrogens with zero attached hydrogens (tertiary/aromatic N) is 1. The third kappa shape index (κ3) is 4.19. The number of rotatable bonds is 5. The predicted molar refractivity (Wildman–Crippen MR) is 87.1 cm³/mol. The van der Waals surface area contributed by atoms with Crippen LogP contribution in [-0.4, -0.2) is 23.7 Å². The first-order valence-corrected chi connectivity index (χ1v) is 8.32. The third-order valence-electron chi connectivity index (χ3n) is 3.13. The lowest BCUT2D eigenvalue weighted by atomic mass is 10.2. The van der Waals surface area contributed by atoms with Gasteiger partial charge in [-0.15, -0.1) is 22.7 Å². The van der Waals surface area contributed by atoms with Gasteiger partial charge in [-0.05, 0) is 37.6 Å². The summed E-state index contributed by atoms with van der Waals surface area (Å²) in [6, 6.07) is 8.93. The van der Waals surface area contributed by atoms with Crippen molar-refractivity contribution < 1.29 is 5.11 Å². The Bertz CT molecular complexity index is 577. The van der Waals surface area contributed by atoms with E-state index in [1.165, 1.54) is 9.75 Å². The van der Waals surface area contributed by atoms with E-state index in [9.17, 15) is 0 Å². The summed E-state index contributed by atoms with van der Waals surface area (Å²) < 4.78 is 0. The highest BCUT2D eigenvalue weighted by atomic mass is 32.1. The van der Waals surface area contributed by atoms with Gasteiger partial charge in [0.1, 0.15) is 0 Å². The van der Waals surface area contributed by atoms with Gasteiger partial charge in [-0.3, -0.25) is 4.90 Å². The fourth-order valence-corrected chi connectivity index (χ4v) is 3.66. The van der Waals surface area contributed by atoms with Gasteiger partial charge in [-0.2, -0.15) is 0 Å². The average Bonchev–Trinajstić information content (AvgIpc) is 3.09. The van der Waals surface area contributed by atoms with Gasteiger partial charge < -0.3 is 5.11 Å². The quantitative estimate of drug-likeness (QED) is 0.851. The minimum absolute atomic E-state index is 0.131. The summed E-state index contributed by atoms with van der Waals surface area (Å²) in [4.78, 5) is 6.14. The van der Waals surface area contributed by atoms with Gasteiger partial charge in [-0.25, -0.2) is 0 Å². The van der Waals surface area contributed by atoms with Gasteiger partial charge in [0.25, 0.3) is 0 Å². The molecule has 0 aliphatic carbocycles. The van der Waals surface area contributed by atoms with Crippen molar-refractivity contribution >= 4 is 22.7 Å². The first-order valence-electron chi connectivity index (χ1n) is 6.63. The molecule has 0 radical (unpaired) electrons. The molecule has 0 spiro atoms. The van der Waals surface area contributed by atoms with Crippen LogP contribution in [-0.2, 0) is 6.54 Å². The number of hydrogen-bond acceptors (Lipinski definition) is 4. The molecule has 20 heavy (non-hydrogen) atoms. The van der Waals surface area contributed by atoms with Crippen molar-refractivity contribution in [2.75, 3.05) is 13.7 Å². The van der Waals surface area contributed by atoms with E-state index in [4.69, 9.17) is 5.11 Å². The van der Waals surface area contributed by atoms with Crippen molar-refractivity contribution in [3.05, 3.63) is 44.3 Å². The second-order valence-corrected chi connectivity index (χ2v) is 6.80. The highest BCUT2D eigenvalue weighted by molar-refractivity contribution is 7.12. The zero-order valence-electron chi connectivity index (χ0n) is 11.8. The molecule has 0 amide bonds. The molecule has 2 heterocycles. The predicted octanol–water partition coefficient (Wildman–Crippen LogP) is 3.74. The van der Waals surface area contributed by atoms with E-state index in [0.717, 1.165) is 11.4 Å². The summed E-state index contributed by atoms with van der Waals surface area (Å²) in [5.74, 6) is 6.05. The molecule has 2 rings (SSSR count). The summed E-state index contributed by atoms with van der Waals surface area (Å²) in [6.07, 6.45) is 0.544. The normalized spacial score (nSPS) is 12.2. The monoisotopic (exact) mass is 305 g/mol. The van der Waals surface area contributed by atoms with Crippen LogP contribution in [0.4, 0.5) is 0 Å². The van der Waals surface area contributed by atoms with E-state index < -0.39 is 0 Å². The molecule has 0 bridgehead atoms. The van der Waals surface area contributed by atoms with Crippen molar-refractivity contribution in [1.82, 2.24) is 4.90 Å². The Kier molecular flexibility index (Phi) is 5.81. The van der Waals surface area contributed by atoms with Crippen LogP contribution in [0.2, 0.25) is 0 Å². The number of thiophene rings is 2. The SMILES string of the molecule is CC(c1cccs1)N(C)Cc1ccc(C#CCCO)s1. The van der Waals surface area contributed by atoms with Crippen LogP contribution in [0.1, 0.15) is 34.0 Å². The Morgan fingerprint density at radius 2 is 2.20 bits per heavy atom. The van der Waals surface area contributed by atoms with Gasteiger partial charge in [-0.1, -0.05) is 17.9 Å². The van der Waals surface area contributed by atoms with E-state index in [-0.39, 0.29) is 6.61 Å². The highest BCUT2D eigenvalue weighted by Crippen LogP contribution is 2.26. The van der Waals surface area contributed by atoms with Gasteiger partial charge >= 0.3 is 0 Å². The molecular formula is C16H19NOS2. The Hall–Kier alpha value is -1.12. The largest absolute Gasteiger partial charge is 0.395 e. The lowest BCUT2D eigenvalue weighted by Crippen LogP contribution is -2.20. The zero-order chi connectivity index (χ0) is 14.4. The molecule has 1 atom stereocenters. The lowest BCUT2D eigenvalue weighted by molar-refractivity contribution is 0.259. The van der Waals surface area contributed by atoms with Gasteiger partial charge in [0.2, 0.25) is 0 Å². The van der Waals surface area contributed by atoms with E-state index in [0.29, 0.717) is 12.5 Å². The van der Waals surface area contributed by atoms with Crippen LogP contribution in [0.25, 0.3) is 0 Å². The van der Waals surface area contributed by atoms with Crippen molar-refractivity contribution in [3.8, 4) is 11.8 Å². The van der Waals surface area contributed by atoms with Crippen LogP contribution in [0.15, 0.2) is 29.6 Å². The molecule has 1 N–H and O–H groups in total. The second-order valence-electron chi connectivity index (χ2n) is 4.65. The Morgan fingerprint density at radius 1 is 1.35 bits per heavy atom. The molecule has 1 unspecified atom stereocenters. The van der Waals surface area contributed by atoms with Crippen molar-refractivity contribution in [1.29, 1.82) is 0 Å². The second kappa shape index (κ2) is 7.61. The number of hydrogen-bond donors (Lipinski definition) is 1. The Morgan fingerprint density at radius 3 is 2.90 bits per heavy atom. The fourth-order valence-electron chi connectivity index (χ4n) is 1.86. The first kappa shape index (κ1) is 15.3. The summed E-state index contributed by atoms with van der Waals surface area (Å²) in [5, 5.41) is 10.8. The minimum atomic E-state index is 0.131. The van der Waals surface area contributed by atoms with Crippen LogP contribution >= 0.6 is 22.7 Å². The molecule has 0 saturated heterocycles. The van der Waals surface area contributed by atoms with E-state index in [2.05, 4.69) is 60.4 Å². The van der Waals surface area contributed by atoms with Gasteiger partial charge in [0, 0.05) is 28.8 Å². The summed E-state index contributed by atoms with van der Waals surface area (Å²) in [7, 11) is 2.15. The topological polar surface area (TPSA) is 23.5 Å². The molecule has 4 heteroatoms. The van der Waals surface area contributed by atoms with Crippen molar-refractivity contribution in [2.45, 2.75) is 25.9 Å². The highest BCUT2D eigenvalue weighted by Gasteiger charge is 2.13. The molecule has 0 saturated carbocycles. The molecule has 106 valence electrons. The fraction of sp³-hybridized carbons (Fsp3) is 0.375. The molecule has 0 aromatic carbocycles. The molecular weight excluding hydrogens is 286 g/mol. The maximum absolute atomic E-state index is 8.72. The van der Waals surface area contributed by atoms with E-state index in [1.807, 2.05) is 0 Å². The summed E-state index contributed by atoms with van der Waals surface area (Å²) in [5.41, 5.74) is 0. The molecule has 2 aromatic heterocycles. The molecule has 2 aromatic rings. The smallest absolute Gasteiger partial charge is 0.0771 e. The molecule has 2 nitrogen and oxygen atoms in total. The zero-order valence-corrected chi connectivity index (χ0v) is 13.4. The maximum atomic E-state index is 8.72. The van der Waals surface area contributed by atoms with Crippen molar-refractivity contribution in [2.24, 2.45) is 0 Å². The lowest BCUT2D eigenvalue weighted by Gasteiger charge is -2.22. The standard InChI is InChI=1S/C16H19NOS2/c1-13(16-7-5-11-19-16)17(2)12-15-9-8-14(20-15)6-3-4-10-18/h5,7-9,11,13,18H,4,10,12H2,1-2H3. The average molecular weight is 305 g/mol. The number of aliphatic hydroxyl groups is 1. The van der Waals surface area contributed by atoms with Crippen LogP contribution in [0.3, 0.4) is 0 Å². The Labute approximate surface area is 128 Å². The Balaban J connectivity index is 1.95. The molecule has 0 aliphatic rings. The van der Waals surface area contributed by atoms with Crippen LogP contribution in [0, 0.1) is 11.8 Å². The first-order chi connectivity index (χ1) is 9.70. The summed E-state index contributed by atoms with van der Waals surface area (Å²) in [6.45, 7) is 3.30. The molecule has 0 aliphatic heterocycles.